The summed E-state index contributed by atoms with van der Waals surface area (Å²) in [5, 5.41) is 4.87. The number of fused-ring (bicyclic) bond motifs is 1. The molecule has 0 atom stereocenters. The molecular weight excluding hydrogens is 285 g/mol. The number of anilines is 1. The van der Waals surface area contributed by atoms with Gasteiger partial charge in [-0.3, -0.25) is 0 Å². The number of halogens is 1. The summed E-state index contributed by atoms with van der Waals surface area (Å²) >= 11 is 0. The minimum atomic E-state index is -0.403. The fraction of sp³-hybridized carbons (Fsp3) is 0.267. The number of nitrogens with zero attached hydrogens (tertiary/aromatic N) is 4. The molecule has 7 heteroatoms. The number of aryl methyl sites for hydroxylation is 1. The highest BCUT2D eigenvalue weighted by Gasteiger charge is 2.19. The largest absolute Gasteiger partial charge is 0.491 e. The summed E-state index contributed by atoms with van der Waals surface area (Å²) in [5.41, 5.74) is 7.19. The second-order valence-corrected chi connectivity index (χ2v) is 5.24. The molecule has 0 unspecified atom stereocenters. The van der Waals surface area contributed by atoms with Gasteiger partial charge in [-0.05, 0) is 32.0 Å². The van der Waals surface area contributed by atoms with E-state index in [-0.39, 0.29) is 11.9 Å². The van der Waals surface area contributed by atoms with Crippen molar-refractivity contribution in [3.63, 3.8) is 0 Å². The fourth-order valence-corrected chi connectivity index (χ4v) is 2.33. The second kappa shape index (κ2) is 5.25. The van der Waals surface area contributed by atoms with Crippen molar-refractivity contribution in [3.05, 3.63) is 30.3 Å². The SMILES string of the molecule is CC(C)Oc1ccc(F)c(-c2nn(C)c3ncnc(N)c23)c1. The third kappa shape index (κ3) is 2.34. The Labute approximate surface area is 126 Å². The smallest absolute Gasteiger partial charge is 0.163 e. The third-order valence-electron chi connectivity index (χ3n) is 3.21. The van der Waals surface area contributed by atoms with Crippen molar-refractivity contribution in [1.29, 1.82) is 0 Å². The van der Waals surface area contributed by atoms with Crippen molar-refractivity contribution in [2.75, 3.05) is 5.73 Å². The van der Waals surface area contributed by atoms with Crippen molar-refractivity contribution in [1.82, 2.24) is 19.7 Å². The normalized spacial score (nSPS) is 11.3. The summed E-state index contributed by atoms with van der Waals surface area (Å²) in [6.07, 6.45) is 1.35. The quantitative estimate of drug-likeness (QED) is 0.804. The Morgan fingerprint density at radius 1 is 1.27 bits per heavy atom. The number of nitrogens with two attached hydrogens (primary N) is 1. The lowest BCUT2D eigenvalue weighted by molar-refractivity contribution is 0.242. The molecule has 114 valence electrons. The van der Waals surface area contributed by atoms with Gasteiger partial charge < -0.3 is 10.5 Å². The maximum Gasteiger partial charge on any atom is 0.163 e. The minimum absolute atomic E-state index is 0.00723. The van der Waals surface area contributed by atoms with Crippen LogP contribution in [0.1, 0.15) is 13.8 Å². The van der Waals surface area contributed by atoms with Gasteiger partial charge in [-0.15, -0.1) is 0 Å². The molecular formula is C15H16FN5O. The predicted molar refractivity (Wildman–Crippen MR) is 81.9 cm³/mol. The molecule has 0 aliphatic rings. The van der Waals surface area contributed by atoms with Gasteiger partial charge in [-0.1, -0.05) is 0 Å². The number of rotatable bonds is 3. The summed E-state index contributed by atoms with van der Waals surface area (Å²) in [4.78, 5) is 8.11. The van der Waals surface area contributed by atoms with E-state index in [1.807, 2.05) is 13.8 Å². The summed E-state index contributed by atoms with van der Waals surface area (Å²) in [5.74, 6) is 0.433. The number of hydrogen-bond donors (Lipinski definition) is 1. The number of nitrogen functional groups attached to an aromatic ring is 1. The first-order valence-electron chi connectivity index (χ1n) is 6.87. The van der Waals surface area contributed by atoms with Gasteiger partial charge in [0.05, 0.1) is 11.5 Å². The summed E-state index contributed by atoms with van der Waals surface area (Å²) in [6, 6.07) is 4.56. The van der Waals surface area contributed by atoms with E-state index in [2.05, 4.69) is 15.1 Å². The Morgan fingerprint density at radius 2 is 2.05 bits per heavy atom. The molecule has 3 rings (SSSR count). The monoisotopic (exact) mass is 301 g/mol. The summed E-state index contributed by atoms with van der Waals surface area (Å²) in [7, 11) is 1.73. The van der Waals surface area contributed by atoms with Gasteiger partial charge in [-0.2, -0.15) is 5.10 Å². The van der Waals surface area contributed by atoms with E-state index in [0.29, 0.717) is 28.0 Å². The maximum atomic E-state index is 14.3. The van der Waals surface area contributed by atoms with Crippen LogP contribution in [0.5, 0.6) is 5.75 Å². The number of hydrogen-bond acceptors (Lipinski definition) is 5. The van der Waals surface area contributed by atoms with Crippen LogP contribution in [0.2, 0.25) is 0 Å². The molecule has 1 aromatic carbocycles. The zero-order valence-corrected chi connectivity index (χ0v) is 12.5. The van der Waals surface area contributed by atoms with Crippen molar-refractivity contribution < 1.29 is 9.13 Å². The van der Waals surface area contributed by atoms with Crippen LogP contribution in [-0.4, -0.2) is 25.9 Å². The van der Waals surface area contributed by atoms with Gasteiger partial charge in [-0.25, -0.2) is 19.0 Å². The molecule has 2 aromatic heterocycles. The zero-order valence-electron chi connectivity index (χ0n) is 12.5. The molecule has 0 aliphatic heterocycles. The van der Waals surface area contributed by atoms with Crippen LogP contribution in [-0.2, 0) is 7.05 Å². The molecule has 22 heavy (non-hydrogen) atoms. The van der Waals surface area contributed by atoms with E-state index in [1.54, 1.807) is 23.9 Å². The first-order valence-corrected chi connectivity index (χ1v) is 6.87. The van der Waals surface area contributed by atoms with Crippen molar-refractivity contribution in [2.45, 2.75) is 20.0 Å². The van der Waals surface area contributed by atoms with Crippen LogP contribution in [0.3, 0.4) is 0 Å². The van der Waals surface area contributed by atoms with Crippen molar-refractivity contribution >= 4 is 16.9 Å². The molecule has 2 N–H and O–H groups in total. The summed E-state index contributed by atoms with van der Waals surface area (Å²) in [6.45, 7) is 3.82. The predicted octanol–water partition coefficient (Wildman–Crippen LogP) is 2.54. The van der Waals surface area contributed by atoms with E-state index in [1.165, 1.54) is 12.4 Å². The molecule has 0 saturated carbocycles. The molecule has 0 amide bonds. The van der Waals surface area contributed by atoms with E-state index >= 15 is 0 Å². The number of aromatic nitrogens is 4. The van der Waals surface area contributed by atoms with Gasteiger partial charge >= 0.3 is 0 Å². The highest BCUT2D eigenvalue weighted by molar-refractivity contribution is 5.98. The van der Waals surface area contributed by atoms with E-state index < -0.39 is 5.82 Å². The average Bonchev–Trinajstić information content (AvgIpc) is 2.79. The molecule has 3 aromatic rings. The molecule has 0 fully saturated rings. The van der Waals surface area contributed by atoms with Crippen LogP contribution < -0.4 is 10.5 Å². The van der Waals surface area contributed by atoms with Crippen molar-refractivity contribution in [3.8, 4) is 17.0 Å². The zero-order chi connectivity index (χ0) is 15.9. The van der Waals surface area contributed by atoms with Gasteiger partial charge in [0.25, 0.3) is 0 Å². The van der Waals surface area contributed by atoms with E-state index in [4.69, 9.17) is 10.5 Å². The van der Waals surface area contributed by atoms with Gasteiger partial charge in [0.15, 0.2) is 5.65 Å². The van der Waals surface area contributed by atoms with E-state index in [0.717, 1.165) is 0 Å². The Kier molecular flexibility index (Phi) is 3.40. The van der Waals surface area contributed by atoms with Crippen LogP contribution >= 0.6 is 0 Å². The van der Waals surface area contributed by atoms with Gasteiger partial charge in [0, 0.05) is 12.6 Å². The highest BCUT2D eigenvalue weighted by atomic mass is 19.1. The van der Waals surface area contributed by atoms with Crippen LogP contribution in [0.4, 0.5) is 10.2 Å². The van der Waals surface area contributed by atoms with E-state index in [9.17, 15) is 4.39 Å². The van der Waals surface area contributed by atoms with Gasteiger partial charge in [0.2, 0.25) is 0 Å². The van der Waals surface area contributed by atoms with Crippen LogP contribution in [0, 0.1) is 5.82 Å². The molecule has 6 nitrogen and oxygen atoms in total. The Bertz CT molecular complexity index is 843. The second-order valence-electron chi connectivity index (χ2n) is 5.24. The number of benzene rings is 1. The fourth-order valence-electron chi connectivity index (χ4n) is 2.33. The molecule has 0 spiro atoms. The van der Waals surface area contributed by atoms with Crippen LogP contribution in [0.25, 0.3) is 22.3 Å². The first kappa shape index (κ1) is 14.2. The highest BCUT2D eigenvalue weighted by Crippen LogP contribution is 2.33. The summed E-state index contributed by atoms with van der Waals surface area (Å²) < 4.78 is 21.4. The number of ether oxygens (including phenoxy) is 1. The Balaban J connectivity index is 2.23. The Hall–Kier alpha value is -2.70. The molecule has 0 saturated heterocycles. The van der Waals surface area contributed by atoms with Crippen molar-refractivity contribution in [2.24, 2.45) is 7.05 Å². The van der Waals surface area contributed by atoms with Gasteiger partial charge in [0.1, 0.15) is 29.4 Å². The first-order chi connectivity index (χ1) is 10.5. The topological polar surface area (TPSA) is 78.8 Å². The molecule has 0 bridgehead atoms. The molecule has 0 radical (unpaired) electrons. The maximum absolute atomic E-state index is 14.3. The average molecular weight is 301 g/mol. The third-order valence-corrected chi connectivity index (χ3v) is 3.21. The lowest BCUT2D eigenvalue weighted by Gasteiger charge is -2.11. The Morgan fingerprint density at radius 3 is 2.77 bits per heavy atom. The molecule has 2 heterocycles. The lowest BCUT2D eigenvalue weighted by Crippen LogP contribution is -2.05. The molecule has 0 aliphatic carbocycles. The standard InChI is InChI=1S/C15H16FN5O/c1-8(2)22-9-4-5-11(16)10(6-9)13-12-14(17)18-7-19-15(12)21(3)20-13/h4-8H,1-3H3,(H2,17,18,19). The van der Waals surface area contributed by atoms with Crippen LogP contribution in [0.15, 0.2) is 24.5 Å². The minimum Gasteiger partial charge on any atom is -0.491 e. The lowest BCUT2D eigenvalue weighted by atomic mass is 10.1.